The number of aliphatic carboxylic acids is 1. The predicted molar refractivity (Wildman–Crippen MR) is 83.0 cm³/mol. The molecule has 6 heteroatoms. The summed E-state index contributed by atoms with van der Waals surface area (Å²) < 4.78 is 11.2. The zero-order valence-electron chi connectivity index (χ0n) is 14.5. The Bertz CT molecular complexity index is 540. The van der Waals surface area contributed by atoms with Gasteiger partial charge in [-0.05, 0) is 37.7 Å². The minimum absolute atomic E-state index is 0. The minimum atomic E-state index is -1.07. The number of carboxylic acid groups (broad SMARTS) is 1. The molecule has 0 bridgehead atoms. The fraction of sp³-hybridized carbons (Fsp3) is 0.667. The number of pyridine rings is 1. The Hall–Kier alpha value is -1.02. The molecule has 0 aromatic carbocycles. The number of carbonyl (C=O) groups excluding carboxylic acids is 1. The standard InChI is InChI=1S/C18H25NO4.Li/c20-17(21)18(7-10-22-11-8-18)16-12-15(6-9-19-16)23-13-14-4-2-1-3-5-14;/h6,9,12,14H,1-5,7-8,10-11,13H2,(H,20,21);/q;+1/p-1. The van der Waals surface area contributed by atoms with Gasteiger partial charge in [0.2, 0.25) is 0 Å². The molecule has 2 fully saturated rings. The number of rotatable bonds is 5. The summed E-state index contributed by atoms with van der Waals surface area (Å²) in [6.45, 7) is 1.54. The molecule has 24 heavy (non-hydrogen) atoms. The van der Waals surface area contributed by atoms with Gasteiger partial charge in [-0.15, -0.1) is 0 Å². The number of aromatic nitrogens is 1. The van der Waals surface area contributed by atoms with E-state index < -0.39 is 11.4 Å². The molecule has 2 aliphatic rings. The Morgan fingerprint density at radius 1 is 1.29 bits per heavy atom. The molecule has 1 aliphatic heterocycles. The molecule has 1 aliphatic carbocycles. The van der Waals surface area contributed by atoms with Crippen LogP contribution in [0.15, 0.2) is 18.3 Å². The van der Waals surface area contributed by atoms with Gasteiger partial charge in [0.05, 0.1) is 23.7 Å². The molecule has 2 heterocycles. The van der Waals surface area contributed by atoms with Crippen LogP contribution >= 0.6 is 0 Å². The Morgan fingerprint density at radius 2 is 2.00 bits per heavy atom. The quantitative estimate of drug-likeness (QED) is 0.639. The second-order valence-corrected chi connectivity index (χ2v) is 6.67. The van der Waals surface area contributed by atoms with Crippen molar-refractivity contribution < 1.29 is 38.2 Å². The van der Waals surface area contributed by atoms with Crippen molar-refractivity contribution in [1.82, 2.24) is 4.98 Å². The van der Waals surface area contributed by atoms with Crippen molar-refractivity contribution >= 4 is 5.97 Å². The number of hydrogen-bond donors (Lipinski definition) is 0. The van der Waals surface area contributed by atoms with Gasteiger partial charge >= 0.3 is 18.9 Å². The van der Waals surface area contributed by atoms with Gasteiger partial charge < -0.3 is 19.4 Å². The van der Waals surface area contributed by atoms with E-state index in [1.807, 2.05) is 0 Å². The van der Waals surface area contributed by atoms with Gasteiger partial charge in [-0.2, -0.15) is 0 Å². The second-order valence-electron chi connectivity index (χ2n) is 6.67. The molecule has 0 radical (unpaired) electrons. The van der Waals surface area contributed by atoms with Crippen molar-refractivity contribution in [3.8, 4) is 5.75 Å². The summed E-state index contributed by atoms with van der Waals surface area (Å²) in [6.07, 6.45) is 8.75. The summed E-state index contributed by atoms with van der Waals surface area (Å²) in [5, 5.41) is 11.7. The zero-order valence-corrected chi connectivity index (χ0v) is 14.5. The van der Waals surface area contributed by atoms with Crippen LogP contribution in [0.5, 0.6) is 5.75 Å². The van der Waals surface area contributed by atoms with Crippen LogP contribution in [0.4, 0.5) is 0 Å². The third-order valence-electron chi connectivity index (χ3n) is 5.17. The van der Waals surface area contributed by atoms with Crippen LogP contribution in [0.1, 0.15) is 50.6 Å². The van der Waals surface area contributed by atoms with E-state index in [1.54, 1.807) is 18.3 Å². The number of ether oxygens (including phenoxy) is 2. The molecular formula is C18H24LiNO4. The smallest absolute Gasteiger partial charge is 0.549 e. The monoisotopic (exact) mass is 325 g/mol. The van der Waals surface area contributed by atoms with Crippen molar-refractivity contribution in [2.24, 2.45) is 5.92 Å². The molecule has 1 aromatic rings. The molecular weight excluding hydrogens is 301 g/mol. The maximum Gasteiger partial charge on any atom is 1.00 e. The first-order valence-corrected chi connectivity index (χ1v) is 8.59. The largest absolute Gasteiger partial charge is 1.00 e. The Balaban J connectivity index is 0.00000208. The van der Waals surface area contributed by atoms with Gasteiger partial charge in [0.15, 0.2) is 0 Å². The average Bonchev–Trinajstić information content (AvgIpc) is 2.61. The zero-order chi connectivity index (χ0) is 16.1. The van der Waals surface area contributed by atoms with Crippen LogP contribution in [0.3, 0.4) is 0 Å². The van der Waals surface area contributed by atoms with E-state index in [0.29, 0.717) is 50.0 Å². The number of carboxylic acids is 1. The Labute approximate surface area is 155 Å². The van der Waals surface area contributed by atoms with E-state index in [4.69, 9.17) is 9.47 Å². The second kappa shape index (κ2) is 8.89. The van der Waals surface area contributed by atoms with E-state index in [2.05, 4.69) is 4.98 Å². The van der Waals surface area contributed by atoms with E-state index in [9.17, 15) is 9.90 Å². The van der Waals surface area contributed by atoms with Gasteiger partial charge in [-0.25, -0.2) is 0 Å². The van der Waals surface area contributed by atoms with Gasteiger partial charge in [-0.1, -0.05) is 19.3 Å². The molecule has 3 rings (SSSR count). The third-order valence-corrected chi connectivity index (χ3v) is 5.17. The van der Waals surface area contributed by atoms with Gasteiger partial charge in [0, 0.05) is 25.5 Å². The molecule has 126 valence electrons. The normalized spacial score (nSPS) is 20.8. The SMILES string of the molecule is O=C([O-])C1(c2cc(OCC3CCCCC3)ccn2)CCOCC1.[Li+]. The molecule has 5 nitrogen and oxygen atoms in total. The molecule has 1 saturated heterocycles. The van der Waals surface area contributed by atoms with E-state index in [-0.39, 0.29) is 18.9 Å². The number of nitrogens with zero attached hydrogens (tertiary/aromatic N) is 1. The maximum absolute atomic E-state index is 11.7. The first kappa shape index (κ1) is 19.3. The summed E-state index contributed by atoms with van der Waals surface area (Å²) >= 11 is 0. The molecule has 1 aromatic heterocycles. The molecule has 1 saturated carbocycles. The minimum Gasteiger partial charge on any atom is -0.549 e. The van der Waals surface area contributed by atoms with Crippen LogP contribution in [-0.4, -0.2) is 30.8 Å². The Morgan fingerprint density at radius 3 is 2.67 bits per heavy atom. The summed E-state index contributed by atoms with van der Waals surface area (Å²) in [4.78, 5) is 16.0. The predicted octanol–water partition coefficient (Wildman–Crippen LogP) is -1.16. The van der Waals surface area contributed by atoms with E-state index in [1.165, 1.54) is 32.1 Å². The average molecular weight is 325 g/mol. The van der Waals surface area contributed by atoms with Crippen LogP contribution in [-0.2, 0) is 14.9 Å². The van der Waals surface area contributed by atoms with Crippen LogP contribution in [0.25, 0.3) is 0 Å². The summed E-state index contributed by atoms with van der Waals surface area (Å²) in [7, 11) is 0. The Kier molecular flexibility index (Phi) is 7.15. The third kappa shape index (κ3) is 4.33. The fourth-order valence-electron chi connectivity index (χ4n) is 3.62. The van der Waals surface area contributed by atoms with Crippen LogP contribution < -0.4 is 28.7 Å². The van der Waals surface area contributed by atoms with E-state index >= 15 is 0 Å². The molecule has 0 spiro atoms. The summed E-state index contributed by atoms with van der Waals surface area (Å²) in [5.41, 5.74) is -0.524. The molecule has 0 unspecified atom stereocenters. The number of hydrogen-bond acceptors (Lipinski definition) is 5. The van der Waals surface area contributed by atoms with Crippen molar-refractivity contribution in [2.75, 3.05) is 19.8 Å². The van der Waals surface area contributed by atoms with Gasteiger partial charge in [0.1, 0.15) is 5.75 Å². The van der Waals surface area contributed by atoms with Crippen molar-refractivity contribution in [3.63, 3.8) is 0 Å². The summed E-state index contributed by atoms with van der Waals surface area (Å²) in [6, 6.07) is 3.57. The van der Waals surface area contributed by atoms with Crippen LogP contribution in [0.2, 0.25) is 0 Å². The summed E-state index contributed by atoms with van der Waals surface area (Å²) in [5.74, 6) is 0.240. The van der Waals surface area contributed by atoms with Crippen molar-refractivity contribution in [3.05, 3.63) is 24.0 Å². The van der Waals surface area contributed by atoms with Crippen LogP contribution in [0, 0.1) is 5.92 Å². The number of carbonyl (C=O) groups is 1. The fourth-order valence-corrected chi connectivity index (χ4v) is 3.62. The van der Waals surface area contributed by atoms with E-state index in [0.717, 1.165) is 0 Å². The molecule has 0 amide bonds. The molecule has 0 N–H and O–H groups in total. The van der Waals surface area contributed by atoms with Gasteiger partial charge in [-0.3, -0.25) is 4.98 Å². The van der Waals surface area contributed by atoms with Gasteiger partial charge in [0.25, 0.3) is 0 Å². The first-order valence-electron chi connectivity index (χ1n) is 8.59. The first-order chi connectivity index (χ1) is 11.2. The maximum atomic E-state index is 11.7. The van der Waals surface area contributed by atoms with Crippen molar-refractivity contribution in [1.29, 1.82) is 0 Å². The van der Waals surface area contributed by atoms with Crippen molar-refractivity contribution in [2.45, 2.75) is 50.4 Å². The molecule has 0 atom stereocenters. The topological polar surface area (TPSA) is 71.5 Å².